The highest BCUT2D eigenvalue weighted by atomic mass is 79.9. The Bertz CT molecular complexity index is 356. The molecule has 5 heteroatoms. The lowest BCUT2D eigenvalue weighted by molar-refractivity contribution is 0.172. The van der Waals surface area contributed by atoms with Gasteiger partial charge in [0.05, 0.1) is 10.6 Å². The highest BCUT2D eigenvalue weighted by Gasteiger charge is 2.21. The minimum atomic E-state index is -0.682. The number of nitrogens with two attached hydrogens (primary N) is 1. The zero-order chi connectivity index (χ0) is 10.1. The molecule has 4 nitrogen and oxygen atoms in total. The molecular weight excluding hydrogens is 250 g/mol. The maximum absolute atomic E-state index is 9.59. The SMILES string of the molecule is NCC(O)c1ccc2c(c1Br)OCO2. The van der Waals surface area contributed by atoms with Crippen LogP contribution in [0.1, 0.15) is 11.7 Å². The number of hydrogen-bond acceptors (Lipinski definition) is 4. The van der Waals surface area contributed by atoms with Crippen LogP contribution in [0, 0.1) is 0 Å². The average molecular weight is 260 g/mol. The van der Waals surface area contributed by atoms with Gasteiger partial charge in [0.25, 0.3) is 0 Å². The molecule has 1 heterocycles. The van der Waals surface area contributed by atoms with Crippen molar-refractivity contribution >= 4 is 15.9 Å². The number of fused-ring (bicyclic) bond motifs is 1. The second-order valence-electron chi connectivity index (χ2n) is 2.95. The molecule has 0 aromatic heterocycles. The molecule has 0 spiro atoms. The van der Waals surface area contributed by atoms with E-state index in [1.54, 1.807) is 12.1 Å². The molecule has 14 heavy (non-hydrogen) atoms. The van der Waals surface area contributed by atoms with Gasteiger partial charge < -0.3 is 20.3 Å². The van der Waals surface area contributed by atoms with E-state index in [0.717, 1.165) is 5.56 Å². The van der Waals surface area contributed by atoms with E-state index in [-0.39, 0.29) is 13.3 Å². The standard InChI is InChI=1S/C9H10BrNO3/c10-8-5(6(12)3-11)1-2-7-9(8)14-4-13-7/h1-2,6,12H,3-4,11H2. The lowest BCUT2D eigenvalue weighted by Gasteiger charge is -2.11. The molecule has 0 saturated carbocycles. The number of halogens is 1. The van der Waals surface area contributed by atoms with Crippen LogP contribution in [0.4, 0.5) is 0 Å². The summed E-state index contributed by atoms with van der Waals surface area (Å²) in [6, 6.07) is 3.54. The highest BCUT2D eigenvalue weighted by Crippen LogP contribution is 2.42. The van der Waals surface area contributed by atoms with E-state index in [1.165, 1.54) is 0 Å². The van der Waals surface area contributed by atoms with Crippen molar-refractivity contribution in [3.8, 4) is 11.5 Å². The normalized spacial score (nSPS) is 15.6. The van der Waals surface area contributed by atoms with Gasteiger partial charge in [-0.05, 0) is 27.6 Å². The van der Waals surface area contributed by atoms with E-state index in [9.17, 15) is 5.11 Å². The topological polar surface area (TPSA) is 64.7 Å². The molecule has 0 bridgehead atoms. The highest BCUT2D eigenvalue weighted by molar-refractivity contribution is 9.10. The summed E-state index contributed by atoms with van der Waals surface area (Å²) >= 11 is 3.35. The van der Waals surface area contributed by atoms with Gasteiger partial charge in [-0.25, -0.2) is 0 Å². The second-order valence-corrected chi connectivity index (χ2v) is 3.75. The third-order valence-electron chi connectivity index (χ3n) is 2.09. The Labute approximate surface area is 89.7 Å². The van der Waals surface area contributed by atoms with Gasteiger partial charge in [0, 0.05) is 6.54 Å². The fourth-order valence-electron chi connectivity index (χ4n) is 1.34. The maximum atomic E-state index is 9.59. The Kier molecular flexibility index (Phi) is 2.62. The van der Waals surface area contributed by atoms with Crippen LogP contribution in [0.2, 0.25) is 0 Å². The Balaban J connectivity index is 2.44. The van der Waals surface area contributed by atoms with Crippen LogP contribution in [0.15, 0.2) is 16.6 Å². The minimum Gasteiger partial charge on any atom is -0.454 e. The molecule has 1 aliphatic rings. The van der Waals surface area contributed by atoms with Crippen molar-refractivity contribution in [3.05, 3.63) is 22.2 Å². The Hall–Kier alpha value is -0.780. The van der Waals surface area contributed by atoms with Crippen molar-refractivity contribution < 1.29 is 14.6 Å². The summed E-state index contributed by atoms with van der Waals surface area (Å²) in [6.07, 6.45) is -0.682. The first-order valence-electron chi connectivity index (χ1n) is 4.20. The third kappa shape index (κ3) is 1.47. The van der Waals surface area contributed by atoms with E-state index in [0.29, 0.717) is 16.0 Å². The van der Waals surface area contributed by atoms with E-state index in [2.05, 4.69) is 15.9 Å². The number of ether oxygens (including phenoxy) is 2. The van der Waals surface area contributed by atoms with Crippen LogP contribution in [0.25, 0.3) is 0 Å². The molecule has 0 amide bonds. The minimum absolute atomic E-state index is 0.179. The molecule has 0 saturated heterocycles. The van der Waals surface area contributed by atoms with E-state index < -0.39 is 6.10 Å². The van der Waals surface area contributed by atoms with Crippen LogP contribution in [0.3, 0.4) is 0 Å². The molecule has 1 aliphatic heterocycles. The Morgan fingerprint density at radius 1 is 1.50 bits per heavy atom. The van der Waals surface area contributed by atoms with Crippen molar-refractivity contribution in [1.29, 1.82) is 0 Å². The largest absolute Gasteiger partial charge is 0.454 e. The molecule has 1 unspecified atom stereocenters. The maximum Gasteiger partial charge on any atom is 0.231 e. The average Bonchev–Trinajstić information content (AvgIpc) is 2.66. The molecule has 0 radical (unpaired) electrons. The molecule has 1 aromatic carbocycles. The number of rotatable bonds is 2. The van der Waals surface area contributed by atoms with Crippen molar-refractivity contribution in [2.24, 2.45) is 5.73 Å². The van der Waals surface area contributed by atoms with E-state index >= 15 is 0 Å². The zero-order valence-corrected chi connectivity index (χ0v) is 8.95. The molecule has 76 valence electrons. The molecule has 0 fully saturated rings. The van der Waals surface area contributed by atoms with Gasteiger partial charge in [0.2, 0.25) is 6.79 Å². The summed E-state index contributed by atoms with van der Waals surface area (Å²) < 4.78 is 11.1. The first-order chi connectivity index (χ1) is 6.74. The van der Waals surface area contributed by atoms with Crippen LogP contribution in [-0.4, -0.2) is 18.4 Å². The van der Waals surface area contributed by atoms with Crippen LogP contribution in [-0.2, 0) is 0 Å². The summed E-state index contributed by atoms with van der Waals surface area (Å²) in [7, 11) is 0. The lowest BCUT2D eigenvalue weighted by atomic mass is 10.1. The van der Waals surface area contributed by atoms with Gasteiger partial charge in [-0.1, -0.05) is 6.07 Å². The summed E-state index contributed by atoms with van der Waals surface area (Å²) in [5.74, 6) is 1.32. The summed E-state index contributed by atoms with van der Waals surface area (Å²) in [5.41, 5.74) is 6.09. The summed E-state index contributed by atoms with van der Waals surface area (Å²) in [4.78, 5) is 0. The molecule has 1 aromatic rings. The molecule has 1 atom stereocenters. The van der Waals surface area contributed by atoms with Gasteiger partial charge in [-0.3, -0.25) is 0 Å². The van der Waals surface area contributed by atoms with E-state index in [1.807, 2.05) is 0 Å². The zero-order valence-electron chi connectivity index (χ0n) is 7.37. The number of hydrogen-bond donors (Lipinski definition) is 2. The van der Waals surface area contributed by atoms with Gasteiger partial charge in [-0.15, -0.1) is 0 Å². The summed E-state index contributed by atoms with van der Waals surface area (Å²) in [5, 5.41) is 9.59. The van der Waals surface area contributed by atoms with Crippen molar-refractivity contribution in [2.45, 2.75) is 6.10 Å². The number of aliphatic hydroxyl groups is 1. The summed E-state index contributed by atoms with van der Waals surface area (Å²) in [6.45, 7) is 0.397. The number of benzene rings is 1. The van der Waals surface area contributed by atoms with Crippen LogP contribution >= 0.6 is 15.9 Å². The fourth-order valence-corrected chi connectivity index (χ4v) is 2.04. The van der Waals surface area contributed by atoms with Crippen molar-refractivity contribution in [1.82, 2.24) is 0 Å². The van der Waals surface area contributed by atoms with Crippen LogP contribution < -0.4 is 15.2 Å². The molecule has 2 rings (SSSR count). The predicted octanol–water partition coefficient (Wildman–Crippen LogP) is 1.17. The lowest BCUT2D eigenvalue weighted by Crippen LogP contribution is -2.12. The van der Waals surface area contributed by atoms with Gasteiger partial charge in [0.1, 0.15) is 0 Å². The smallest absolute Gasteiger partial charge is 0.231 e. The third-order valence-corrected chi connectivity index (χ3v) is 2.91. The molecule has 0 aliphatic carbocycles. The van der Waals surface area contributed by atoms with Crippen molar-refractivity contribution in [2.75, 3.05) is 13.3 Å². The first-order valence-corrected chi connectivity index (χ1v) is 4.99. The molecule has 3 N–H and O–H groups in total. The van der Waals surface area contributed by atoms with Gasteiger partial charge in [-0.2, -0.15) is 0 Å². The Morgan fingerprint density at radius 2 is 2.29 bits per heavy atom. The quantitative estimate of drug-likeness (QED) is 0.837. The predicted molar refractivity (Wildman–Crippen MR) is 54.3 cm³/mol. The monoisotopic (exact) mass is 259 g/mol. The Morgan fingerprint density at radius 3 is 3.00 bits per heavy atom. The number of aliphatic hydroxyl groups excluding tert-OH is 1. The van der Waals surface area contributed by atoms with Crippen LogP contribution in [0.5, 0.6) is 11.5 Å². The first kappa shape index (κ1) is 9.76. The van der Waals surface area contributed by atoms with Gasteiger partial charge in [0.15, 0.2) is 11.5 Å². The molecular formula is C9H10BrNO3. The second kappa shape index (κ2) is 3.76. The fraction of sp³-hybridized carbons (Fsp3) is 0.333. The van der Waals surface area contributed by atoms with Gasteiger partial charge >= 0.3 is 0 Å². The van der Waals surface area contributed by atoms with Crippen molar-refractivity contribution in [3.63, 3.8) is 0 Å². The van der Waals surface area contributed by atoms with E-state index in [4.69, 9.17) is 15.2 Å².